The first kappa shape index (κ1) is 12.7. The minimum absolute atomic E-state index is 0.139. The van der Waals surface area contributed by atoms with Crippen LogP contribution in [0, 0.1) is 0 Å². The highest BCUT2D eigenvalue weighted by Crippen LogP contribution is 2.20. The van der Waals surface area contributed by atoms with E-state index in [1.54, 1.807) is 19.1 Å². The first-order valence-electron chi connectivity index (χ1n) is 5.04. The maximum Gasteiger partial charge on any atom is 0.221 e. The second-order valence-corrected chi connectivity index (χ2v) is 4.17. The molecule has 0 bridgehead atoms. The van der Waals surface area contributed by atoms with Crippen LogP contribution in [-0.4, -0.2) is 11.7 Å². The molecule has 86 valence electrons. The fourth-order valence-corrected chi connectivity index (χ4v) is 1.65. The van der Waals surface area contributed by atoms with Gasteiger partial charge in [-0.25, -0.2) is 0 Å². The van der Waals surface area contributed by atoms with Gasteiger partial charge < -0.3 is 10.1 Å². The number of carbonyl (C=O) groups is 2. The van der Waals surface area contributed by atoms with Gasteiger partial charge in [0.2, 0.25) is 5.91 Å². The summed E-state index contributed by atoms with van der Waals surface area (Å²) in [6, 6.07) is 5.31. The quantitative estimate of drug-likeness (QED) is 0.878. The number of anilines is 1. The Morgan fingerprint density at radius 2 is 1.94 bits per heavy atom. The van der Waals surface area contributed by atoms with Crippen molar-refractivity contribution >= 4 is 29.0 Å². The van der Waals surface area contributed by atoms with Crippen molar-refractivity contribution in [2.24, 2.45) is 0 Å². The molecule has 1 aromatic rings. The number of nitrogens with one attached hydrogen (secondary N) is 1. The van der Waals surface area contributed by atoms with Gasteiger partial charge in [0.15, 0.2) is 0 Å². The van der Waals surface area contributed by atoms with Crippen LogP contribution in [0.15, 0.2) is 18.2 Å². The molecule has 0 atom stereocenters. The summed E-state index contributed by atoms with van der Waals surface area (Å²) in [5.74, 6) is 0.000775. The molecular formula is C12H14ClNO2. The average Bonchev–Trinajstić information content (AvgIpc) is 2.12. The summed E-state index contributed by atoms with van der Waals surface area (Å²) in [5.41, 5.74) is 1.62. The van der Waals surface area contributed by atoms with Crippen molar-refractivity contribution in [2.45, 2.75) is 26.7 Å². The molecule has 0 unspecified atom stereocenters. The molecule has 1 rings (SSSR count). The summed E-state index contributed by atoms with van der Waals surface area (Å²) in [6.45, 7) is 3.00. The topological polar surface area (TPSA) is 46.2 Å². The van der Waals surface area contributed by atoms with Gasteiger partial charge in [0, 0.05) is 24.1 Å². The van der Waals surface area contributed by atoms with Crippen LogP contribution in [0.4, 0.5) is 5.69 Å². The third-order valence-corrected chi connectivity index (χ3v) is 2.26. The number of rotatable bonds is 4. The molecule has 1 amide bonds. The summed E-state index contributed by atoms with van der Waals surface area (Å²) in [5, 5.41) is 3.23. The molecule has 0 heterocycles. The monoisotopic (exact) mass is 239 g/mol. The van der Waals surface area contributed by atoms with Crippen molar-refractivity contribution in [3.8, 4) is 0 Å². The molecule has 16 heavy (non-hydrogen) atoms. The van der Waals surface area contributed by atoms with E-state index in [2.05, 4.69) is 5.32 Å². The number of amides is 1. The number of benzene rings is 1. The van der Waals surface area contributed by atoms with Gasteiger partial charge in [0.1, 0.15) is 5.78 Å². The second-order valence-electron chi connectivity index (χ2n) is 3.73. The minimum atomic E-state index is -0.139. The molecule has 0 aliphatic carbocycles. The number of aryl methyl sites for hydroxylation is 1. The predicted octanol–water partition coefficient (Wildman–Crippen LogP) is 2.82. The van der Waals surface area contributed by atoms with E-state index in [1.807, 2.05) is 6.07 Å². The smallest absolute Gasteiger partial charge is 0.221 e. The summed E-state index contributed by atoms with van der Waals surface area (Å²) >= 11 is 5.91. The van der Waals surface area contributed by atoms with Crippen LogP contribution in [0.2, 0.25) is 5.02 Å². The van der Waals surface area contributed by atoms with Gasteiger partial charge in [0.25, 0.3) is 0 Å². The molecule has 0 saturated heterocycles. The summed E-state index contributed by atoms with van der Waals surface area (Å²) < 4.78 is 0. The Morgan fingerprint density at radius 3 is 2.50 bits per heavy atom. The third-order valence-electron chi connectivity index (χ3n) is 2.04. The Labute approximate surface area is 99.8 Å². The van der Waals surface area contributed by atoms with E-state index in [0.717, 1.165) is 5.56 Å². The van der Waals surface area contributed by atoms with Gasteiger partial charge in [-0.3, -0.25) is 4.79 Å². The van der Waals surface area contributed by atoms with E-state index >= 15 is 0 Å². The van der Waals surface area contributed by atoms with Gasteiger partial charge in [0.05, 0.1) is 0 Å². The molecule has 0 saturated carbocycles. The largest absolute Gasteiger partial charge is 0.326 e. The highest BCUT2D eigenvalue weighted by Gasteiger charge is 2.02. The van der Waals surface area contributed by atoms with Crippen molar-refractivity contribution in [2.75, 3.05) is 5.32 Å². The normalized spacial score (nSPS) is 9.94. The van der Waals surface area contributed by atoms with Crippen molar-refractivity contribution in [3.05, 3.63) is 28.8 Å². The van der Waals surface area contributed by atoms with Crippen molar-refractivity contribution in [1.82, 2.24) is 0 Å². The van der Waals surface area contributed by atoms with E-state index in [1.165, 1.54) is 6.92 Å². The molecule has 0 aliphatic rings. The number of halogens is 1. The van der Waals surface area contributed by atoms with Crippen LogP contribution < -0.4 is 5.32 Å². The molecule has 0 fully saturated rings. The first-order valence-corrected chi connectivity index (χ1v) is 5.41. The summed E-state index contributed by atoms with van der Waals surface area (Å²) in [7, 11) is 0. The highest BCUT2D eigenvalue weighted by molar-refractivity contribution is 6.31. The van der Waals surface area contributed by atoms with Crippen LogP contribution in [0.1, 0.15) is 25.8 Å². The van der Waals surface area contributed by atoms with Crippen LogP contribution in [0.5, 0.6) is 0 Å². The number of carbonyl (C=O) groups excluding carboxylic acids is 2. The number of hydrogen-bond acceptors (Lipinski definition) is 2. The fraction of sp³-hybridized carbons (Fsp3) is 0.333. The maximum absolute atomic E-state index is 10.9. The van der Waals surface area contributed by atoms with Gasteiger partial charge >= 0.3 is 0 Å². The van der Waals surface area contributed by atoms with Crippen LogP contribution in [0.25, 0.3) is 0 Å². The number of Topliss-reactive ketones (excluding diaryl/α,β-unsaturated/α-hetero) is 1. The van der Waals surface area contributed by atoms with E-state index in [-0.39, 0.29) is 11.7 Å². The lowest BCUT2D eigenvalue weighted by atomic mass is 10.1. The lowest BCUT2D eigenvalue weighted by molar-refractivity contribution is -0.117. The van der Waals surface area contributed by atoms with Gasteiger partial charge in [-0.2, -0.15) is 0 Å². The average molecular weight is 240 g/mol. The van der Waals surface area contributed by atoms with E-state index < -0.39 is 0 Å². The Hall–Kier alpha value is -1.35. The molecule has 1 aromatic carbocycles. The lowest BCUT2D eigenvalue weighted by Gasteiger charge is -2.06. The molecule has 0 radical (unpaired) electrons. The first-order chi connectivity index (χ1) is 7.47. The number of hydrogen-bond donors (Lipinski definition) is 1. The summed E-state index contributed by atoms with van der Waals surface area (Å²) in [4.78, 5) is 21.8. The Balaban J connectivity index is 2.80. The molecule has 4 heteroatoms. The van der Waals surface area contributed by atoms with Crippen LogP contribution >= 0.6 is 11.6 Å². The molecule has 0 aromatic heterocycles. The zero-order valence-corrected chi connectivity index (χ0v) is 10.1. The lowest BCUT2D eigenvalue weighted by Crippen LogP contribution is -2.06. The van der Waals surface area contributed by atoms with E-state index in [9.17, 15) is 9.59 Å². The Bertz CT molecular complexity index is 415. The third kappa shape index (κ3) is 4.45. The highest BCUT2D eigenvalue weighted by atomic mass is 35.5. The van der Waals surface area contributed by atoms with E-state index in [0.29, 0.717) is 23.6 Å². The predicted molar refractivity (Wildman–Crippen MR) is 64.8 cm³/mol. The van der Waals surface area contributed by atoms with Gasteiger partial charge in [-0.05, 0) is 37.1 Å². The molecular weight excluding hydrogens is 226 g/mol. The van der Waals surface area contributed by atoms with Crippen molar-refractivity contribution < 1.29 is 9.59 Å². The van der Waals surface area contributed by atoms with E-state index in [4.69, 9.17) is 11.6 Å². The number of ketones is 1. The standard InChI is InChI=1S/C12H14ClNO2/c1-8(15)3-4-10-5-11(13)7-12(6-10)14-9(2)16/h5-7H,3-4H2,1-2H3,(H,14,16). The minimum Gasteiger partial charge on any atom is -0.326 e. The zero-order valence-electron chi connectivity index (χ0n) is 9.34. The van der Waals surface area contributed by atoms with Gasteiger partial charge in [-0.15, -0.1) is 0 Å². The Kier molecular flexibility index (Phi) is 4.50. The zero-order chi connectivity index (χ0) is 12.1. The maximum atomic E-state index is 10.9. The van der Waals surface area contributed by atoms with Crippen molar-refractivity contribution in [3.63, 3.8) is 0 Å². The molecule has 0 spiro atoms. The Morgan fingerprint density at radius 1 is 1.25 bits per heavy atom. The van der Waals surface area contributed by atoms with Gasteiger partial charge in [-0.1, -0.05) is 11.6 Å². The molecule has 3 nitrogen and oxygen atoms in total. The van der Waals surface area contributed by atoms with Crippen LogP contribution in [-0.2, 0) is 16.0 Å². The second kappa shape index (κ2) is 5.66. The van der Waals surface area contributed by atoms with Crippen molar-refractivity contribution in [1.29, 1.82) is 0 Å². The SMILES string of the molecule is CC(=O)CCc1cc(Cl)cc(NC(C)=O)c1. The fourth-order valence-electron chi connectivity index (χ4n) is 1.39. The molecule has 0 aliphatic heterocycles. The van der Waals surface area contributed by atoms with Crippen LogP contribution in [0.3, 0.4) is 0 Å². The summed E-state index contributed by atoms with van der Waals surface area (Å²) in [6.07, 6.45) is 1.13. The molecule has 1 N–H and O–H groups in total.